The van der Waals surface area contributed by atoms with Gasteiger partial charge in [-0.2, -0.15) is 0 Å². The molecule has 2 heterocycles. The van der Waals surface area contributed by atoms with Crippen molar-refractivity contribution in [1.82, 2.24) is 4.90 Å². The number of nitrogens with zero attached hydrogens (tertiary/aromatic N) is 1. The number of aliphatic hydroxyl groups is 2. The van der Waals surface area contributed by atoms with E-state index in [4.69, 9.17) is 9.47 Å². The maximum absolute atomic E-state index is 10.7. The Hall–Kier alpha value is -2.08. The molecular formula is C24H31NO4. The zero-order valence-corrected chi connectivity index (χ0v) is 17.5. The minimum atomic E-state index is -0.540. The van der Waals surface area contributed by atoms with Crippen molar-refractivity contribution in [3.63, 3.8) is 0 Å². The van der Waals surface area contributed by atoms with E-state index in [2.05, 4.69) is 30.9 Å². The Kier molecular flexibility index (Phi) is 5.56. The number of fused-ring (bicyclic) bond motifs is 1. The van der Waals surface area contributed by atoms with Gasteiger partial charge >= 0.3 is 0 Å². The average molecular weight is 398 g/mol. The molecule has 5 nitrogen and oxygen atoms in total. The number of likely N-dealkylation sites (tertiary alicyclic amines) is 1. The molecule has 2 aliphatic heterocycles. The topological polar surface area (TPSA) is 62.2 Å². The minimum absolute atomic E-state index is 0.330. The number of ether oxygens (including phenoxy) is 2. The molecule has 2 aliphatic rings. The molecule has 1 spiro atoms. The van der Waals surface area contributed by atoms with Crippen LogP contribution in [0.1, 0.15) is 53.7 Å². The van der Waals surface area contributed by atoms with E-state index in [1.54, 1.807) is 7.11 Å². The first-order valence-corrected chi connectivity index (χ1v) is 10.4. The summed E-state index contributed by atoms with van der Waals surface area (Å²) in [6, 6.07) is 11.8. The molecule has 2 aromatic rings. The fraction of sp³-hybridized carbons (Fsp3) is 0.500. The quantitative estimate of drug-likeness (QED) is 0.824. The lowest BCUT2D eigenvalue weighted by Crippen LogP contribution is -2.51. The van der Waals surface area contributed by atoms with Gasteiger partial charge in [0, 0.05) is 31.6 Å². The highest BCUT2D eigenvalue weighted by Gasteiger charge is 2.43. The van der Waals surface area contributed by atoms with Crippen molar-refractivity contribution in [3.8, 4) is 11.5 Å². The third-order valence-corrected chi connectivity index (χ3v) is 6.58. The molecule has 0 unspecified atom stereocenters. The molecule has 29 heavy (non-hydrogen) atoms. The van der Waals surface area contributed by atoms with Crippen LogP contribution >= 0.6 is 0 Å². The zero-order chi connectivity index (χ0) is 20.6. The number of benzene rings is 2. The number of aryl methyl sites for hydroxylation is 2. The molecule has 5 heteroatoms. The molecule has 0 aromatic heterocycles. The van der Waals surface area contributed by atoms with Crippen molar-refractivity contribution in [2.45, 2.75) is 50.9 Å². The Morgan fingerprint density at radius 1 is 1.14 bits per heavy atom. The van der Waals surface area contributed by atoms with Crippen LogP contribution in [-0.4, -0.2) is 47.5 Å². The van der Waals surface area contributed by atoms with Crippen LogP contribution in [0.3, 0.4) is 0 Å². The number of hydrogen-bond acceptors (Lipinski definition) is 5. The molecule has 0 radical (unpaired) electrons. The summed E-state index contributed by atoms with van der Waals surface area (Å²) >= 11 is 0. The van der Waals surface area contributed by atoms with Gasteiger partial charge in [-0.3, -0.25) is 0 Å². The van der Waals surface area contributed by atoms with Gasteiger partial charge in [0.05, 0.1) is 19.3 Å². The smallest absolute Gasteiger partial charge is 0.126 e. The molecule has 4 rings (SSSR count). The number of piperidine rings is 1. The van der Waals surface area contributed by atoms with Crippen LogP contribution in [0, 0.1) is 13.8 Å². The zero-order valence-electron chi connectivity index (χ0n) is 17.5. The van der Waals surface area contributed by atoms with Crippen LogP contribution in [0.15, 0.2) is 36.4 Å². The van der Waals surface area contributed by atoms with Gasteiger partial charge in [0.25, 0.3) is 0 Å². The van der Waals surface area contributed by atoms with E-state index in [1.807, 2.05) is 24.3 Å². The number of methoxy groups -OCH3 is 1. The van der Waals surface area contributed by atoms with Crippen molar-refractivity contribution in [3.05, 3.63) is 58.7 Å². The largest absolute Gasteiger partial charge is 0.497 e. The molecule has 2 N–H and O–H groups in total. The van der Waals surface area contributed by atoms with Gasteiger partial charge in [-0.05, 0) is 61.6 Å². The summed E-state index contributed by atoms with van der Waals surface area (Å²) in [5.74, 6) is 1.49. The average Bonchev–Trinajstić information content (AvgIpc) is 2.71. The predicted octanol–water partition coefficient (Wildman–Crippen LogP) is 3.70. The van der Waals surface area contributed by atoms with Gasteiger partial charge in [0.1, 0.15) is 17.1 Å². The fourth-order valence-corrected chi connectivity index (χ4v) is 4.52. The monoisotopic (exact) mass is 397 g/mol. The van der Waals surface area contributed by atoms with Gasteiger partial charge in [-0.15, -0.1) is 0 Å². The van der Waals surface area contributed by atoms with E-state index in [0.29, 0.717) is 13.0 Å². The first kappa shape index (κ1) is 20.2. The summed E-state index contributed by atoms with van der Waals surface area (Å²) in [5, 5.41) is 21.4. The Bertz CT molecular complexity index is 873. The normalized spacial score (nSPS) is 22.0. The molecule has 0 aliphatic carbocycles. The first-order chi connectivity index (χ1) is 13.9. The second kappa shape index (κ2) is 7.98. The maximum atomic E-state index is 10.7. The lowest BCUT2D eigenvalue weighted by atomic mass is 9.81. The SMILES string of the molecule is COc1ccc2c(c1)[C@H](O)CC1(CCN(C[C@H](O)c3ccc(C)c(C)c3)CC1)O2. The second-order valence-electron chi connectivity index (χ2n) is 8.57. The summed E-state index contributed by atoms with van der Waals surface area (Å²) < 4.78 is 11.7. The Labute approximate surface area is 172 Å². The molecule has 156 valence electrons. The van der Waals surface area contributed by atoms with Gasteiger partial charge < -0.3 is 24.6 Å². The summed E-state index contributed by atoms with van der Waals surface area (Å²) in [6.07, 6.45) is 1.25. The third kappa shape index (κ3) is 4.13. The Balaban J connectivity index is 1.39. The lowest BCUT2D eigenvalue weighted by Gasteiger charge is -2.46. The van der Waals surface area contributed by atoms with Crippen LogP contribution in [0.4, 0.5) is 0 Å². The summed E-state index contributed by atoms with van der Waals surface area (Å²) in [7, 11) is 1.63. The Morgan fingerprint density at radius 3 is 2.59 bits per heavy atom. The number of β-amino-alcohol motifs (C(OH)–C–C–N with tert-alkyl or cyclic N) is 1. The highest BCUT2D eigenvalue weighted by atomic mass is 16.5. The van der Waals surface area contributed by atoms with Crippen molar-refractivity contribution in [2.24, 2.45) is 0 Å². The third-order valence-electron chi connectivity index (χ3n) is 6.58. The van der Waals surface area contributed by atoms with E-state index in [-0.39, 0.29) is 5.60 Å². The standard InChI is InChI=1S/C24H31NO4/c1-16-4-5-18(12-17(16)2)22(27)15-25-10-8-24(9-11-25)14-21(26)20-13-19(28-3)6-7-23(20)29-24/h4-7,12-13,21-22,26-27H,8-11,14-15H2,1-3H3/t21-,22+/m1/s1. The molecule has 0 saturated carbocycles. The van der Waals surface area contributed by atoms with Gasteiger partial charge in [0.2, 0.25) is 0 Å². The van der Waals surface area contributed by atoms with Crippen molar-refractivity contribution in [2.75, 3.05) is 26.7 Å². The highest BCUT2D eigenvalue weighted by Crippen LogP contribution is 2.45. The van der Waals surface area contributed by atoms with Crippen molar-refractivity contribution in [1.29, 1.82) is 0 Å². The van der Waals surface area contributed by atoms with Crippen molar-refractivity contribution >= 4 is 0 Å². The summed E-state index contributed by atoms with van der Waals surface area (Å²) in [4.78, 5) is 2.30. The fourth-order valence-electron chi connectivity index (χ4n) is 4.52. The van der Waals surface area contributed by atoms with Crippen molar-refractivity contribution < 1.29 is 19.7 Å². The molecule has 2 aromatic carbocycles. The van der Waals surface area contributed by atoms with E-state index in [9.17, 15) is 10.2 Å². The Morgan fingerprint density at radius 2 is 1.90 bits per heavy atom. The van der Waals surface area contributed by atoms with E-state index in [1.165, 1.54) is 11.1 Å². The van der Waals surface area contributed by atoms with E-state index >= 15 is 0 Å². The van der Waals surface area contributed by atoms with Crippen LogP contribution in [0.25, 0.3) is 0 Å². The minimum Gasteiger partial charge on any atom is -0.497 e. The molecule has 0 amide bonds. The molecule has 1 fully saturated rings. The van der Waals surface area contributed by atoms with E-state index < -0.39 is 12.2 Å². The lowest BCUT2D eigenvalue weighted by molar-refractivity contribution is -0.0588. The second-order valence-corrected chi connectivity index (χ2v) is 8.57. The summed E-state index contributed by atoms with van der Waals surface area (Å²) in [5.41, 5.74) is 3.90. The molecule has 2 atom stereocenters. The molecule has 1 saturated heterocycles. The predicted molar refractivity (Wildman–Crippen MR) is 112 cm³/mol. The highest BCUT2D eigenvalue weighted by molar-refractivity contribution is 5.43. The first-order valence-electron chi connectivity index (χ1n) is 10.4. The van der Waals surface area contributed by atoms with E-state index in [0.717, 1.165) is 48.6 Å². The molecule has 0 bridgehead atoms. The van der Waals surface area contributed by atoms with Crippen LogP contribution in [0.2, 0.25) is 0 Å². The number of hydrogen-bond donors (Lipinski definition) is 2. The van der Waals surface area contributed by atoms with Gasteiger partial charge in [-0.25, -0.2) is 0 Å². The molecular weight excluding hydrogens is 366 g/mol. The van der Waals surface area contributed by atoms with Crippen LogP contribution in [0.5, 0.6) is 11.5 Å². The number of aliphatic hydroxyl groups excluding tert-OH is 2. The maximum Gasteiger partial charge on any atom is 0.126 e. The van der Waals surface area contributed by atoms with Gasteiger partial charge in [-0.1, -0.05) is 18.2 Å². The van der Waals surface area contributed by atoms with Gasteiger partial charge in [0.15, 0.2) is 0 Å². The van der Waals surface area contributed by atoms with Crippen LogP contribution in [-0.2, 0) is 0 Å². The van der Waals surface area contributed by atoms with Crippen LogP contribution < -0.4 is 9.47 Å². The number of rotatable bonds is 4. The summed E-state index contributed by atoms with van der Waals surface area (Å²) in [6.45, 7) is 6.48.